The smallest absolute Gasteiger partial charge is 0.314 e. The SMILES string of the molecule is COC1CCCC(CNC(=O)NCC2CCC3CN(C4CCC(=O)NC4=O)C(=O)C3C2)C1. The Morgan fingerprint density at radius 2 is 1.78 bits per heavy atom. The van der Waals surface area contributed by atoms with Crippen LogP contribution in [-0.4, -0.2) is 67.5 Å². The molecule has 0 aromatic rings. The number of urea groups is 1. The Balaban J connectivity index is 1.20. The topological polar surface area (TPSA) is 117 Å². The molecule has 5 amide bonds. The second-order valence-electron chi connectivity index (χ2n) is 9.98. The van der Waals surface area contributed by atoms with Gasteiger partial charge in [-0.3, -0.25) is 19.7 Å². The van der Waals surface area contributed by atoms with Crippen LogP contribution in [0.4, 0.5) is 4.79 Å². The first-order chi connectivity index (χ1) is 15.4. The number of rotatable bonds is 6. The monoisotopic (exact) mass is 448 g/mol. The summed E-state index contributed by atoms with van der Waals surface area (Å²) in [5, 5.41) is 8.35. The third kappa shape index (κ3) is 5.24. The van der Waals surface area contributed by atoms with Gasteiger partial charge in [0.2, 0.25) is 17.7 Å². The van der Waals surface area contributed by atoms with Crippen molar-refractivity contribution in [3.8, 4) is 0 Å². The van der Waals surface area contributed by atoms with Crippen molar-refractivity contribution in [3.63, 3.8) is 0 Å². The van der Waals surface area contributed by atoms with Crippen LogP contribution in [0.5, 0.6) is 0 Å². The number of piperidine rings is 1. The second-order valence-corrected chi connectivity index (χ2v) is 9.98. The van der Waals surface area contributed by atoms with Crippen molar-refractivity contribution in [1.29, 1.82) is 0 Å². The summed E-state index contributed by atoms with van der Waals surface area (Å²) in [5.74, 6) is 0.322. The molecule has 3 N–H and O–H groups in total. The molecule has 9 heteroatoms. The van der Waals surface area contributed by atoms with Crippen LogP contribution in [-0.2, 0) is 19.1 Å². The molecular weight excluding hydrogens is 412 g/mol. The summed E-state index contributed by atoms with van der Waals surface area (Å²) in [7, 11) is 1.75. The molecule has 4 rings (SSSR count). The summed E-state index contributed by atoms with van der Waals surface area (Å²) in [4.78, 5) is 50.6. The van der Waals surface area contributed by atoms with Gasteiger partial charge in [-0.1, -0.05) is 6.42 Å². The molecule has 2 heterocycles. The van der Waals surface area contributed by atoms with Crippen LogP contribution in [0.3, 0.4) is 0 Å². The average molecular weight is 449 g/mol. The lowest BCUT2D eigenvalue weighted by Crippen LogP contribution is -2.53. The van der Waals surface area contributed by atoms with Crippen molar-refractivity contribution in [1.82, 2.24) is 20.9 Å². The highest BCUT2D eigenvalue weighted by Crippen LogP contribution is 2.41. The number of amides is 5. The highest BCUT2D eigenvalue weighted by molar-refractivity contribution is 6.02. The first-order valence-corrected chi connectivity index (χ1v) is 12.1. The first-order valence-electron chi connectivity index (χ1n) is 12.1. The second kappa shape index (κ2) is 10.2. The van der Waals surface area contributed by atoms with E-state index in [0.29, 0.717) is 38.1 Å². The van der Waals surface area contributed by atoms with Crippen molar-refractivity contribution >= 4 is 23.8 Å². The zero-order valence-corrected chi connectivity index (χ0v) is 18.9. The molecule has 2 saturated heterocycles. The standard InChI is InChI=1S/C23H36N4O5/c1-32-17-4-2-3-14(9-17)11-24-23(31)25-12-15-5-6-16-13-27(22(30)18(16)10-15)19-7-8-20(28)26-21(19)29/h14-19H,2-13H2,1H3,(H2,24,25,31)(H,26,28,29). The summed E-state index contributed by atoms with van der Waals surface area (Å²) in [6.45, 7) is 1.83. The molecule has 2 saturated carbocycles. The fourth-order valence-corrected chi connectivity index (χ4v) is 6.02. The number of methoxy groups -OCH3 is 1. The summed E-state index contributed by atoms with van der Waals surface area (Å²) in [5.41, 5.74) is 0. The van der Waals surface area contributed by atoms with E-state index in [2.05, 4.69) is 16.0 Å². The zero-order valence-electron chi connectivity index (χ0n) is 18.9. The van der Waals surface area contributed by atoms with E-state index < -0.39 is 6.04 Å². The number of imide groups is 1. The normalized spacial score (nSPS) is 35.3. The van der Waals surface area contributed by atoms with E-state index in [0.717, 1.165) is 44.9 Å². The number of carbonyl (C=O) groups excluding carboxylic acids is 4. The molecule has 2 aliphatic heterocycles. The van der Waals surface area contributed by atoms with Crippen LogP contribution in [0.1, 0.15) is 57.8 Å². The van der Waals surface area contributed by atoms with Crippen molar-refractivity contribution in [2.75, 3.05) is 26.7 Å². The number of carbonyl (C=O) groups is 4. The summed E-state index contributed by atoms with van der Waals surface area (Å²) >= 11 is 0. The van der Waals surface area contributed by atoms with Crippen molar-refractivity contribution < 1.29 is 23.9 Å². The first kappa shape index (κ1) is 23.0. The van der Waals surface area contributed by atoms with Gasteiger partial charge in [-0.15, -0.1) is 0 Å². The Kier molecular flexibility index (Phi) is 7.33. The van der Waals surface area contributed by atoms with E-state index in [1.807, 2.05) is 0 Å². The van der Waals surface area contributed by atoms with E-state index in [1.165, 1.54) is 0 Å². The minimum Gasteiger partial charge on any atom is -0.381 e. The van der Waals surface area contributed by atoms with Crippen LogP contribution in [0.2, 0.25) is 0 Å². The molecule has 0 radical (unpaired) electrons. The van der Waals surface area contributed by atoms with E-state index in [1.54, 1.807) is 12.0 Å². The lowest BCUT2D eigenvalue weighted by molar-refractivity contribution is -0.144. The number of nitrogens with one attached hydrogen (secondary N) is 3. The predicted octanol–water partition coefficient (Wildman–Crippen LogP) is 1.17. The predicted molar refractivity (Wildman–Crippen MR) is 116 cm³/mol. The van der Waals surface area contributed by atoms with E-state index in [-0.39, 0.29) is 47.9 Å². The maximum absolute atomic E-state index is 13.0. The highest BCUT2D eigenvalue weighted by Gasteiger charge is 2.48. The molecule has 0 bridgehead atoms. The van der Waals surface area contributed by atoms with Crippen molar-refractivity contribution in [3.05, 3.63) is 0 Å². The van der Waals surface area contributed by atoms with Gasteiger partial charge >= 0.3 is 6.03 Å². The van der Waals surface area contributed by atoms with Gasteiger partial charge in [0, 0.05) is 39.1 Å². The molecule has 0 aromatic carbocycles. The molecule has 6 atom stereocenters. The van der Waals surface area contributed by atoms with Crippen LogP contribution >= 0.6 is 0 Å². The maximum Gasteiger partial charge on any atom is 0.314 e. The Hall–Kier alpha value is -2.16. The molecule has 2 aliphatic carbocycles. The number of hydrogen-bond acceptors (Lipinski definition) is 5. The fraction of sp³-hybridized carbons (Fsp3) is 0.826. The van der Waals surface area contributed by atoms with Crippen molar-refractivity contribution in [2.45, 2.75) is 69.9 Å². The molecule has 32 heavy (non-hydrogen) atoms. The summed E-state index contributed by atoms with van der Waals surface area (Å²) in [6, 6.07) is -0.666. The Morgan fingerprint density at radius 3 is 2.50 bits per heavy atom. The minimum absolute atomic E-state index is 0.0312. The number of likely N-dealkylation sites (tertiary alicyclic amines) is 1. The fourth-order valence-electron chi connectivity index (χ4n) is 6.02. The zero-order chi connectivity index (χ0) is 22.7. The molecule has 178 valence electrons. The van der Waals surface area contributed by atoms with Gasteiger partial charge in [0.1, 0.15) is 6.04 Å². The maximum atomic E-state index is 13.0. The molecule has 6 unspecified atom stereocenters. The third-order valence-electron chi connectivity index (χ3n) is 7.89. The summed E-state index contributed by atoms with van der Waals surface area (Å²) < 4.78 is 5.46. The third-order valence-corrected chi connectivity index (χ3v) is 7.89. The Morgan fingerprint density at radius 1 is 1.03 bits per heavy atom. The number of fused-ring (bicyclic) bond motifs is 1. The van der Waals surface area contributed by atoms with Gasteiger partial charge in [0.25, 0.3) is 0 Å². The lowest BCUT2D eigenvalue weighted by atomic mass is 9.75. The summed E-state index contributed by atoms with van der Waals surface area (Å²) in [6.07, 6.45) is 7.99. The molecule has 0 spiro atoms. The molecule has 4 fully saturated rings. The quantitative estimate of drug-likeness (QED) is 0.528. The van der Waals surface area contributed by atoms with Gasteiger partial charge in [-0.2, -0.15) is 0 Å². The molecule has 0 aromatic heterocycles. The molecular formula is C23H36N4O5. The largest absolute Gasteiger partial charge is 0.381 e. The minimum atomic E-state index is -0.523. The van der Waals surface area contributed by atoms with E-state index >= 15 is 0 Å². The van der Waals surface area contributed by atoms with Gasteiger partial charge in [-0.25, -0.2) is 4.79 Å². The lowest BCUT2D eigenvalue weighted by Gasteiger charge is -2.30. The van der Waals surface area contributed by atoms with Gasteiger partial charge < -0.3 is 20.3 Å². The molecule has 4 aliphatic rings. The Labute approximate surface area is 189 Å². The number of hydrogen-bond donors (Lipinski definition) is 3. The van der Waals surface area contributed by atoms with Crippen LogP contribution < -0.4 is 16.0 Å². The van der Waals surface area contributed by atoms with E-state index in [4.69, 9.17) is 4.74 Å². The van der Waals surface area contributed by atoms with Gasteiger partial charge in [0.15, 0.2) is 0 Å². The van der Waals surface area contributed by atoms with Crippen molar-refractivity contribution in [2.24, 2.45) is 23.7 Å². The number of ether oxygens (including phenoxy) is 1. The van der Waals surface area contributed by atoms with Crippen LogP contribution in [0.15, 0.2) is 0 Å². The van der Waals surface area contributed by atoms with Gasteiger partial charge in [0.05, 0.1) is 6.10 Å². The number of nitrogens with zero attached hydrogens (tertiary/aromatic N) is 1. The van der Waals surface area contributed by atoms with E-state index in [9.17, 15) is 19.2 Å². The Bertz CT molecular complexity index is 744. The van der Waals surface area contributed by atoms with Crippen LogP contribution in [0.25, 0.3) is 0 Å². The van der Waals surface area contributed by atoms with Gasteiger partial charge in [-0.05, 0) is 62.7 Å². The van der Waals surface area contributed by atoms with Crippen LogP contribution in [0, 0.1) is 23.7 Å². The average Bonchev–Trinajstić information content (AvgIpc) is 3.12. The molecule has 9 nitrogen and oxygen atoms in total. The highest BCUT2D eigenvalue weighted by atomic mass is 16.5.